The van der Waals surface area contributed by atoms with E-state index >= 15 is 0 Å². The highest BCUT2D eigenvalue weighted by molar-refractivity contribution is 9.10. The largest absolute Gasteiger partial charge is 0.313 e. The average Bonchev–Trinajstić information content (AvgIpc) is 3.17. The van der Waals surface area contributed by atoms with Crippen molar-refractivity contribution in [1.29, 1.82) is 0 Å². The molecule has 0 N–H and O–H groups in total. The first-order chi connectivity index (χ1) is 14.1. The molecule has 29 heavy (non-hydrogen) atoms. The maximum absolute atomic E-state index is 14.2. The molecule has 4 aromatic rings. The van der Waals surface area contributed by atoms with Gasteiger partial charge < -0.3 is 4.57 Å². The van der Waals surface area contributed by atoms with Crippen molar-refractivity contribution < 1.29 is 4.39 Å². The van der Waals surface area contributed by atoms with Crippen LogP contribution < -0.4 is 5.56 Å². The Hall–Kier alpha value is -3.06. The molecule has 0 saturated carbocycles. The molecular formula is C22H18BrFN4O. The number of hydrogen-bond acceptors (Lipinski definition) is 3. The molecule has 0 aliphatic carbocycles. The van der Waals surface area contributed by atoms with Crippen LogP contribution in [0.1, 0.15) is 24.9 Å². The van der Waals surface area contributed by atoms with E-state index in [4.69, 9.17) is 0 Å². The Morgan fingerprint density at radius 3 is 2.79 bits per heavy atom. The van der Waals surface area contributed by atoms with Gasteiger partial charge in [-0.3, -0.25) is 4.79 Å². The SMILES string of the molecule is CCCc1nc2ccc(Br)cc2c(=O)n1N=Cc1cccn1-c1ccccc1F. The zero-order chi connectivity index (χ0) is 20.4. The van der Waals surface area contributed by atoms with Gasteiger partial charge in [0, 0.05) is 17.1 Å². The third-order valence-corrected chi connectivity index (χ3v) is 5.04. The summed E-state index contributed by atoms with van der Waals surface area (Å²) in [5.41, 5.74) is 1.47. The Kier molecular flexibility index (Phi) is 5.40. The number of nitrogens with zero attached hydrogens (tertiary/aromatic N) is 4. The van der Waals surface area contributed by atoms with E-state index in [1.54, 1.807) is 47.3 Å². The van der Waals surface area contributed by atoms with Crippen molar-refractivity contribution in [2.45, 2.75) is 19.8 Å². The zero-order valence-corrected chi connectivity index (χ0v) is 17.3. The lowest BCUT2D eigenvalue weighted by atomic mass is 10.2. The Morgan fingerprint density at radius 1 is 1.17 bits per heavy atom. The van der Waals surface area contributed by atoms with Gasteiger partial charge in [-0.25, -0.2) is 9.37 Å². The second kappa shape index (κ2) is 8.13. The van der Waals surface area contributed by atoms with Crippen molar-refractivity contribution in [3.8, 4) is 5.69 Å². The summed E-state index contributed by atoms with van der Waals surface area (Å²) in [4.78, 5) is 17.7. The van der Waals surface area contributed by atoms with Gasteiger partial charge in [-0.15, -0.1) is 0 Å². The molecule has 2 heterocycles. The molecular weight excluding hydrogens is 435 g/mol. The Balaban J connectivity index is 1.83. The van der Waals surface area contributed by atoms with Crippen LogP contribution in [0, 0.1) is 5.82 Å². The number of halogens is 2. The lowest BCUT2D eigenvalue weighted by Gasteiger charge is -2.10. The van der Waals surface area contributed by atoms with E-state index in [2.05, 4.69) is 26.0 Å². The van der Waals surface area contributed by atoms with Crippen molar-refractivity contribution in [2.75, 3.05) is 0 Å². The molecule has 0 radical (unpaired) electrons. The molecule has 0 amide bonds. The van der Waals surface area contributed by atoms with Crippen LogP contribution in [-0.2, 0) is 6.42 Å². The number of aromatic nitrogens is 3. The quantitative estimate of drug-likeness (QED) is 0.403. The maximum Gasteiger partial charge on any atom is 0.282 e. The number of benzene rings is 2. The molecule has 0 atom stereocenters. The molecule has 0 aliphatic heterocycles. The summed E-state index contributed by atoms with van der Waals surface area (Å²) in [7, 11) is 0. The van der Waals surface area contributed by atoms with Gasteiger partial charge in [0.05, 0.1) is 28.5 Å². The fraction of sp³-hybridized carbons (Fsp3) is 0.136. The highest BCUT2D eigenvalue weighted by atomic mass is 79.9. The minimum Gasteiger partial charge on any atom is -0.313 e. The number of fused-ring (bicyclic) bond motifs is 1. The average molecular weight is 453 g/mol. The molecule has 0 saturated heterocycles. The van der Waals surface area contributed by atoms with Gasteiger partial charge in [0.15, 0.2) is 0 Å². The van der Waals surface area contributed by atoms with E-state index in [9.17, 15) is 9.18 Å². The van der Waals surface area contributed by atoms with Crippen LogP contribution in [0.5, 0.6) is 0 Å². The molecule has 0 bridgehead atoms. The predicted octanol–water partition coefficient (Wildman–Crippen LogP) is 4.92. The van der Waals surface area contributed by atoms with Gasteiger partial charge in [0.1, 0.15) is 11.6 Å². The Bertz CT molecular complexity index is 1280. The number of hydrogen-bond donors (Lipinski definition) is 0. The van der Waals surface area contributed by atoms with E-state index in [0.29, 0.717) is 34.5 Å². The summed E-state index contributed by atoms with van der Waals surface area (Å²) in [6, 6.07) is 15.6. The molecule has 0 spiro atoms. The van der Waals surface area contributed by atoms with Crippen LogP contribution in [0.4, 0.5) is 4.39 Å². The molecule has 0 fully saturated rings. The molecule has 146 valence electrons. The maximum atomic E-state index is 14.2. The predicted molar refractivity (Wildman–Crippen MR) is 116 cm³/mol. The van der Waals surface area contributed by atoms with Crippen molar-refractivity contribution in [3.05, 3.63) is 93.0 Å². The van der Waals surface area contributed by atoms with Crippen LogP contribution in [0.2, 0.25) is 0 Å². The summed E-state index contributed by atoms with van der Waals surface area (Å²) in [5.74, 6) is 0.256. The van der Waals surface area contributed by atoms with Crippen LogP contribution in [0.15, 0.2) is 75.2 Å². The lowest BCUT2D eigenvalue weighted by molar-refractivity contribution is 0.618. The third kappa shape index (κ3) is 3.78. The first-order valence-electron chi connectivity index (χ1n) is 9.26. The van der Waals surface area contributed by atoms with Crippen molar-refractivity contribution >= 4 is 33.0 Å². The van der Waals surface area contributed by atoms with Crippen LogP contribution >= 0.6 is 15.9 Å². The van der Waals surface area contributed by atoms with E-state index in [-0.39, 0.29) is 11.4 Å². The van der Waals surface area contributed by atoms with Crippen molar-refractivity contribution in [3.63, 3.8) is 0 Å². The van der Waals surface area contributed by atoms with Gasteiger partial charge in [0.25, 0.3) is 5.56 Å². The normalized spacial score (nSPS) is 11.6. The second-order valence-corrected chi connectivity index (χ2v) is 7.47. The fourth-order valence-corrected chi connectivity index (χ4v) is 3.54. The highest BCUT2D eigenvalue weighted by Crippen LogP contribution is 2.17. The first kappa shape index (κ1) is 19.3. The third-order valence-electron chi connectivity index (χ3n) is 4.55. The Morgan fingerprint density at radius 2 is 2.00 bits per heavy atom. The van der Waals surface area contributed by atoms with E-state index in [0.717, 1.165) is 10.9 Å². The Labute approximate surface area is 175 Å². The molecule has 5 nitrogen and oxygen atoms in total. The fourth-order valence-electron chi connectivity index (χ4n) is 3.18. The van der Waals surface area contributed by atoms with Gasteiger partial charge in [-0.05, 0) is 48.9 Å². The summed E-state index contributed by atoms with van der Waals surface area (Å²) in [6.07, 6.45) is 4.76. The van der Waals surface area contributed by atoms with Gasteiger partial charge in [-0.1, -0.05) is 35.0 Å². The standard InChI is InChI=1S/C22H18BrFN4O/c1-2-6-21-26-19-11-10-15(23)13-17(19)22(29)28(21)25-14-16-7-5-12-27(16)20-9-4-3-8-18(20)24/h3-5,7-14H,2,6H2,1H3. The molecule has 0 unspecified atom stereocenters. The van der Waals surface area contributed by atoms with Gasteiger partial charge >= 0.3 is 0 Å². The number of aryl methyl sites for hydroxylation is 1. The van der Waals surface area contributed by atoms with E-state index in [1.165, 1.54) is 10.7 Å². The van der Waals surface area contributed by atoms with Gasteiger partial charge in [0.2, 0.25) is 0 Å². The first-order valence-corrected chi connectivity index (χ1v) is 10.1. The topological polar surface area (TPSA) is 52.2 Å². The van der Waals surface area contributed by atoms with E-state index in [1.807, 2.05) is 25.1 Å². The summed E-state index contributed by atoms with van der Waals surface area (Å²) >= 11 is 3.40. The second-order valence-electron chi connectivity index (χ2n) is 6.56. The smallest absolute Gasteiger partial charge is 0.282 e. The van der Waals surface area contributed by atoms with Crippen LogP contribution in [-0.4, -0.2) is 20.4 Å². The van der Waals surface area contributed by atoms with E-state index < -0.39 is 0 Å². The summed E-state index contributed by atoms with van der Waals surface area (Å²) in [5, 5.41) is 4.91. The number of para-hydroxylation sites is 1. The van der Waals surface area contributed by atoms with Crippen molar-refractivity contribution in [2.24, 2.45) is 5.10 Å². The minimum absolute atomic E-state index is 0.236. The zero-order valence-electron chi connectivity index (χ0n) is 15.7. The van der Waals surface area contributed by atoms with Crippen molar-refractivity contribution in [1.82, 2.24) is 14.2 Å². The van der Waals surface area contributed by atoms with Crippen LogP contribution in [0.3, 0.4) is 0 Å². The molecule has 2 aromatic heterocycles. The lowest BCUT2D eigenvalue weighted by Crippen LogP contribution is -2.22. The van der Waals surface area contributed by atoms with Crippen LogP contribution in [0.25, 0.3) is 16.6 Å². The monoisotopic (exact) mass is 452 g/mol. The summed E-state index contributed by atoms with van der Waals surface area (Å²) in [6.45, 7) is 2.02. The molecule has 4 rings (SSSR count). The molecule has 2 aromatic carbocycles. The highest BCUT2D eigenvalue weighted by Gasteiger charge is 2.11. The van der Waals surface area contributed by atoms with Gasteiger partial charge in [-0.2, -0.15) is 9.78 Å². The number of rotatable bonds is 5. The molecule has 7 heteroatoms. The molecule has 0 aliphatic rings. The summed E-state index contributed by atoms with van der Waals surface area (Å²) < 4.78 is 18.0. The minimum atomic E-state index is -0.334.